The number of thioether (sulfide) groups is 1. The van der Waals surface area contributed by atoms with Gasteiger partial charge in [-0.05, 0) is 36.1 Å². The summed E-state index contributed by atoms with van der Waals surface area (Å²) in [5.41, 5.74) is 0.604. The van der Waals surface area contributed by atoms with Crippen LogP contribution in [0.15, 0.2) is 46.1 Å². The summed E-state index contributed by atoms with van der Waals surface area (Å²) in [6.45, 7) is 1.42. The van der Waals surface area contributed by atoms with E-state index in [0.717, 1.165) is 28.2 Å². The van der Waals surface area contributed by atoms with E-state index in [2.05, 4.69) is 39.1 Å². The van der Waals surface area contributed by atoms with Crippen molar-refractivity contribution in [2.75, 3.05) is 24.2 Å². The molecule has 8 heteroatoms. The first-order valence-corrected chi connectivity index (χ1v) is 10.4. The molecule has 0 atom stereocenters. The molecule has 2 heterocycles. The Morgan fingerprint density at radius 1 is 1.24 bits per heavy atom. The molecule has 1 N–H and O–H groups in total. The molecule has 1 aromatic carbocycles. The number of ether oxygens (including phenoxy) is 1. The molecule has 0 fully saturated rings. The molecule has 0 amide bonds. The zero-order chi connectivity index (χ0) is 17.3. The second-order valence-corrected chi connectivity index (χ2v) is 8.32. The van der Waals surface area contributed by atoms with Gasteiger partial charge in [-0.25, -0.2) is 0 Å². The maximum absolute atomic E-state index is 8.87. The highest BCUT2D eigenvalue weighted by Gasteiger charge is 2.05. The van der Waals surface area contributed by atoms with E-state index in [1.807, 2.05) is 12.1 Å². The van der Waals surface area contributed by atoms with E-state index >= 15 is 0 Å². The van der Waals surface area contributed by atoms with Crippen LogP contribution in [-0.2, 0) is 6.42 Å². The van der Waals surface area contributed by atoms with Crippen molar-refractivity contribution in [1.82, 2.24) is 10.2 Å². The number of benzene rings is 1. The van der Waals surface area contributed by atoms with Crippen LogP contribution in [0.3, 0.4) is 0 Å². The van der Waals surface area contributed by atoms with Gasteiger partial charge in [-0.2, -0.15) is 5.26 Å². The SMILES string of the molecule is N#Cc1cccc(OCCSc2nnc(NCCc3cccs3)s2)c1. The second-order valence-electron chi connectivity index (χ2n) is 4.97. The lowest BCUT2D eigenvalue weighted by molar-refractivity contribution is 0.344. The Balaban J connectivity index is 1.36. The smallest absolute Gasteiger partial charge is 0.206 e. The van der Waals surface area contributed by atoms with Crippen molar-refractivity contribution in [2.45, 2.75) is 10.8 Å². The molecule has 0 radical (unpaired) electrons. The summed E-state index contributed by atoms with van der Waals surface area (Å²) in [6.07, 6.45) is 0.995. The Morgan fingerprint density at radius 2 is 2.20 bits per heavy atom. The minimum Gasteiger partial charge on any atom is -0.493 e. The van der Waals surface area contributed by atoms with Gasteiger partial charge in [0.2, 0.25) is 5.13 Å². The maximum atomic E-state index is 8.87. The average molecular weight is 389 g/mol. The van der Waals surface area contributed by atoms with E-state index in [4.69, 9.17) is 10.00 Å². The monoisotopic (exact) mass is 388 g/mol. The molecule has 0 unspecified atom stereocenters. The zero-order valence-electron chi connectivity index (χ0n) is 13.3. The summed E-state index contributed by atoms with van der Waals surface area (Å²) in [7, 11) is 0. The lowest BCUT2D eigenvalue weighted by Gasteiger charge is -2.04. The third kappa shape index (κ3) is 5.74. The van der Waals surface area contributed by atoms with Gasteiger partial charge in [-0.15, -0.1) is 21.5 Å². The summed E-state index contributed by atoms with van der Waals surface area (Å²) in [4.78, 5) is 1.37. The first kappa shape index (κ1) is 17.7. The van der Waals surface area contributed by atoms with Crippen LogP contribution < -0.4 is 10.1 Å². The van der Waals surface area contributed by atoms with Crippen LogP contribution in [0.4, 0.5) is 5.13 Å². The number of hydrogen-bond donors (Lipinski definition) is 1. The quantitative estimate of drug-likeness (QED) is 0.435. The lowest BCUT2D eigenvalue weighted by Crippen LogP contribution is -2.03. The standard InChI is InChI=1S/C17H16N4OS3/c18-12-13-3-1-4-14(11-13)22-8-10-24-17-21-20-16(25-17)19-7-6-15-5-2-9-23-15/h1-5,9,11H,6-8,10H2,(H,19,20). The molecule has 0 spiro atoms. The van der Waals surface area contributed by atoms with Crippen molar-refractivity contribution in [1.29, 1.82) is 5.26 Å². The molecule has 128 valence electrons. The van der Waals surface area contributed by atoms with E-state index in [1.54, 1.807) is 46.6 Å². The van der Waals surface area contributed by atoms with Crippen LogP contribution >= 0.6 is 34.4 Å². The third-order valence-electron chi connectivity index (χ3n) is 3.17. The number of anilines is 1. The topological polar surface area (TPSA) is 70.8 Å². The number of hydrogen-bond acceptors (Lipinski definition) is 8. The molecule has 3 aromatic rings. The molecular weight excluding hydrogens is 372 g/mol. The summed E-state index contributed by atoms with van der Waals surface area (Å²) in [5.74, 6) is 1.49. The van der Waals surface area contributed by atoms with E-state index in [0.29, 0.717) is 17.9 Å². The molecule has 0 saturated heterocycles. The highest BCUT2D eigenvalue weighted by atomic mass is 32.2. The van der Waals surface area contributed by atoms with Crippen LogP contribution in [0, 0.1) is 11.3 Å². The van der Waals surface area contributed by atoms with Crippen LogP contribution in [-0.4, -0.2) is 29.1 Å². The summed E-state index contributed by atoms with van der Waals surface area (Å²) in [5, 5.41) is 23.5. The first-order chi connectivity index (χ1) is 12.3. The average Bonchev–Trinajstić information content (AvgIpc) is 3.31. The summed E-state index contributed by atoms with van der Waals surface area (Å²) in [6, 6.07) is 13.5. The van der Waals surface area contributed by atoms with Crippen LogP contribution in [0.1, 0.15) is 10.4 Å². The van der Waals surface area contributed by atoms with Gasteiger partial charge in [0.05, 0.1) is 18.2 Å². The van der Waals surface area contributed by atoms with E-state index in [1.165, 1.54) is 4.88 Å². The Kier molecular flexibility index (Phi) is 6.68. The molecule has 0 aliphatic carbocycles. The van der Waals surface area contributed by atoms with Gasteiger partial charge >= 0.3 is 0 Å². The molecule has 0 saturated carbocycles. The Morgan fingerprint density at radius 3 is 3.04 bits per heavy atom. The van der Waals surface area contributed by atoms with Crippen molar-refractivity contribution < 1.29 is 4.74 Å². The van der Waals surface area contributed by atoms with Gasteiger partial charge in [0.25, 0.3) is 0 Å². The number of nitrogens with zero attached hydrogens (tertiary/aromatic N) is 3. The Bertz CT molecular complexity index is 827. The molecule has 5 nitrogen and oxygen atoms in total. The van der Waals surface area contributed by atoms with Crippen LogP contribution in [0.2, 0.25) is 0 Å². The number of nitrogens with one attached hydrogen (secondary N) is 1. The summed E-state index contributed by atoms with van der Waals surface area (Å²) < 4.78 is 6.58. The van der Waals surface area contributed by atoms with Gasteiger partial charge < -0.3 is 10.1 Å². The molecule has 0 bridgehead atoms. The Hall–Kier alpha value is -2.08. The van der Waals surface area contributed by atoms with Crippen LogP contribution in [0.5, 0.6) is 5.75 Å². The summed E-state index contributed by atoms with van der Waals surface area (Å²) >= 11 is 4.94. The van der Waals surface area contributed by atoms with Crippen molar-refractivity contribution in [2.24, 2.45) is 0 Å². The fourth-order valence-electron chi connectivity index (χ4n) is 2.03. The highest BCUT2D eigenvalue weighted by Crippen LogP contribution is 2.25. The van der Waals surface area contributed by atoms with Crippen molar-refractivity contribution >= 4 is 39.6 Å². The van der Waals surface area contributed by atoms with Crippen LogP contribution in [0.25, 0.3) is 0 Å². The van der Waals surface area contributed by atoms with Crippen molar-refractivity contribution in [3.63, 3.8) is 0 Å². The third-order valence-corrected chi connectivity index (χ3v) is 6.09. The number of nitriles is 1. The van der Waals surface area contributed by atoms with Gasteiger partial charge in [0.15, 0.2) is 4.34 Å². The highest BCUT2D eigenvalue weighted by molar-refractivity contribution is 8.01. The van der Waals surface area contributed by atoms with Gasteiger partial charge in [-0.1, -0.05) is 35.2 Å². The molecule has 0 aliphatic heterocycles. The largest absolute Gasteiger partial charge is 0.493 e. The van der Waals surface area contributed by atoms with E-state index in [-0.39, 0.29) is 0 Å². The second kappa shape index (κ2) is 9.42. The minimum atomic E-state index is 0.556. The number of aromatic nitrogens is 2. The van der Waals surface area contributed by atoms with Gasteiger partial charge in [0.1, 0.15) is 5.75 Å². The molecule has 25 heavy (non-hydrogen) atoms. The van der Waals surface area contributed by atoms with E-state index in [9.17, 15) is 0 Å². The molecule has 0 aliphatic rings. The predicted molar refractivity (Wildman–Crippen MR) is 104 cm³/mol. The zero-order valence-corrected chi connectivity index (χ0v) is 15.8. The van der Waals surface area contributed by atoms with Crippen molar-refractivity contribution in [3.8, 4) is 11.8 Å². The molecule has 2 aromatic heterocycles. The number of rotatable bonds is 9. The maximum Gasteiger partial charge on any atom is 0.206 e. The first-order valence-electron chi connectivity index (χ1n) is 7.69. The number of thiophene rings is 1. The fourth-order valence-corrected chi connectivity index (χ4v) is 4.41. The Labute approximate surface area is 158 Å². The molecule has 3 rings (SSSR count). The predicted octanol–water partition coefficient (Wildman–Crippen LogP) is 4.30. The van der Waals surface area contributed by atoms with Gasteiger partial charge in [-0.3, -0.25) is 0 Å². The van der Waals surface area contributed by atoms with Gasteiger partial charge in [0, 0.05) is 17.2 Å². The minimum absolute atomic E-state index is 0.556. The molecular formula is C17H16N4OS3. The van der Waals surface area contributed by atoms with E-state index < -0.39 is 0 Å². The fraction of sp³-hybridized carbons (Fsp3) is 0.235. The van der Waals surface area contributed by atoms with Crippen molar-refractivity contribution in [3.05, 3.63) is 52.2 Å². The normalized spacial score (nSPS) is 10.4. The lowest BCUT2D eigenvalue weighted by atomic mass is 10.2.